The average Bonchev–Trinajstić information content (AvgIpc) is 2.78. The lowest BCUT2D eigenvalue weighted by molar-refractivity contribution is 0.0956. The quantitative estimate of drug-likeness (QED) is 0.366. The first-order valence-corrected chi connectivity index (χ1v) is 13.5. The van der Waals surface area contributed by atoms with E-state index >= 15 is 0 Å². The van der Waals surface area contributed by atoms with Gasteiger partial charge in [-0.15, -0.1) is 0 Å². The SMILES string of the molecule is Cc1ccc(CSCCNC(=O)c2ccc(Cl)c(S(=O)(=O)Nc3cccc(C)c3C)c2)cc1. The molecule has 0 saturated heterocycles. The van der Waals surface area contributed by atoms with Crippen LogP contribution >= 0.6 is 23.4 Å². The van der Waals surface area contributed by atoms with E-state index in [2.05, 4.69) is 41.2 Å². The molecule has 3 aromatic rings. The molecule has 0 heterocycles. The van der Waals surface area contributed by atoms with Crippen LogP contribution in [0.5, 0.6) is 0 Å². The molecule has 5 nitrogen and oxygen atoms in total. The molecule has 174 valence electrons. The second-order valence-corrected chi connectivity index (χ2v) is 11.0. The Morgan fingerprint density at radius 1 is 1.00 bits per heavy atom. The minimum absolute atomic E-state index is 0.0537. The van der Waals surface area contributed by atoms with Gasteiger partial charge in [0, 0.05) is 23.6 Å². The minimum atomic E-state index is -3.97. The molecule has 33 heavy (non-hydrogen) atoms. The number of hydrogen-bond acceptors (Lipinski definition) is 4. The van der Waals surface area contributed by atoms with Crippen molar-refractivity contribution in [3.63, 3.8) is 0 Å². The van der Waals surface area contributed by atoms with Crippen molar-refractivity contribution >= 4 is 45.0 Å². The van der Waals surface area contributed by atoms with E-state index in [0.717, 1.165) is 22.6 Å². The molecule has 0 fully saturated rings. The average molecular weight is 503 g/mol. The molecule has 0 bridgehead atoms. The van der Waals surface area contributed by atoms with Crippen LogP contribution in [0, 0.1) is 20.8 Å². The summed E-state index contributed by atoms with van der Waals surface area (Å²) in [4.78, 5) is 12.5. The van der Waals surface area contributed by atoms with E-state index in [1.165, 1.54) is 29.3 Å². The van der Waals surface area contributed by atoms with Gasteiger partial charge in [-0.05, 0) is 61.7 Å². The lowest BCUT2D eigenvalue weighted by Crippen LogP contribution is -2.26. The fourth-order valence-corrected chi connectivity index (χ4v) is 5.59. The van der Waals surface area contributed by atoms with Gasteiger partial charge in [-0.1, -0.05) is 53.6 Å². The third-order valence-corrected chi connectivity index (χ3v) is 8.13. The van der Waals surface area contributed by atoms with Crippen LogP contribution in [0.3, 0.4) is 0 Å². The fraction of sp³-hybridized carbons (Fsp3) is 0.240. The number of benzene rings is 3. The van der Waals surface area contributed by atoms with Crippen molar-refractivity contribution in [3.05, 3.63) is 93.5 Å². The number of sulfonamides is 1. The Bertz CT molecular complexity index is 1240. The summed E-state index contributed by atoms with van der Waals surface area (Å²) in [6.07, 6.45) is 0. The van der Waals surface area contributed by atoms with Crippen molar-refractivity contribution in [1.82, 2.24) is 5.32 Å². The monoisotopic (exact) mass is 502 g/mol. The fourth-order valence-electron chi connectivity index (χ4n) is 3.13. The van der Waals surface area contributed by atoms with Gasteiger partial charge in [0.05, 0.1) is 10.7 Å². The van der Waals surface area contributed by atoms with E-state index in [0.29, 0.717) is 12.2 Å². The van der Waals surface area contributed by atoms with Gasteiger partial charge in [0.2, 0.25) is 0 Å². The number of rotatable bonds is 9. The second kappa shape index (κ2) is 11.1. The van der Waals surface area contributed by atoms with Crippen LogP contribution in [0.4, 0.5) is 5.69 Å². The zero-order valence-corrected chi connectivity index (χ0v) is 21.2. The second-order valence-electron chi connectivity index (χ2n) is 7.79. The molecule has 3 rings (SSSR count). The Morgan fingerprint density at radius 2 is 1.73 bits per heavy atom. The van der Waals surface area contributed by atoms with Gasteiger partial charge >= 0.3 is 0 Å². The number of amides is 1. The summed E-state index contributed by atoms with van der Waals surface area (Å²) in [7, 11) is -3.97. The molecular weight excluding hydrogens is 476 g/mol. The molecule has 0 atom stereocenters. The molecule has 3 aromatic carbocycles. The van der Waals surface area contributed by atoms with Crippen LogP contribution < -0.4 is 10.0 Å². The van der Waals surface area contributed by atoms with Crippen LogP contribution in [-0.4, -0.2) is 26.6 Å². The van der Waals surface area contributed by atoms with E-state index in [1.54, 1.807) is 23.9 Å². The maximum Gasteiger partial charge on any atom is 0.263 e. The summed E-state index contributed by atoms with van der Waals surface area (Å²) in [5, 5.41) is 2.89. The van der Waals surface area contributed by atoms with Crippen molar-refractivity contribution < 1.29 is 13.2 Å². The normalized spacial score (nSPS) is 11.3. The highest BCUT2D eigenvalue weighted by Gasteiger charge is 2.21. The van der Waals surface area contributed by atoms with Crippen molar-refractivity contribution in [2.45, 2.75) is 31.4 Å². The summed E-state index contributed by atoms with van der Waals surface area (Å²) in [5.41, 5.74) is 4.98. The van der Waals surface area contributed by atoms with Gasteiger partial charge in [-0.3, -0.25) is 9.52 Å². The van der Waals surface area contributed by atoms with E-state index < -0.39 is 10.0 Å². The smallest absolute Gasteiger partial charge is 0.263 e. The highest BCUT2D eigenvalue weighted by molar-refractivity contribution is 7.98. The van der Waals surface area contributed by atoms with Gasteiger partial charge in [-0.2, -0.15) is 11.8 Å². The zero-order valence-electron chi connectivity index (χ0n) is 18.8. The Kier molecular flexibility index (Phi) is 8.46. The number of anilines is 1. The largest absolute Gasteiger partial charge is 0.351 e. The predicted octanol–water partition coefficient (Wildman–Crippen LogP) is 5.73. The molecule has 0 radical (unpaired) electrons. The Hall–Kier alpha value is -2.48. The summed E-state index contributed by atoms with van der Waals surface area (Å²) < 4.78 is 28.6. The van der Waals surface area contributed by atoms with Gasteiger partial charge in [-0.25, -0.2) is 8.42 Å². The van der Waals surface area contributed by atoms with Crippen molar-refractivity contribution in [2.24, 2.45) is 0 Å². The molecule has 0 aliphatic carbocycles. The number of halogens is 1. The molecule has 1 amide bonds. The molecule has 0 aliphatic rings. The summed E-state index contributed by atoms with van der Waals surface area (Å²) in [5.74, 6) is 1.27. The van der Waals surface area contributed by atoms with Crippen LogP contribution in [-0.2, 0) is 15.8 Å². The highest BCUT2D eigenvalue weighted by Crippen LogP contribution is 2.27. The molecule has 0 unspecified atom stereocenters. The minimum Gasteiger partial charge on any atom is -0.351 e. The van der Waals surface area contributed by atoms with Crippen LogP contribution in [0.2, 0.25) is 5.02 Å². The van der Waals surface area contributed by atoms with Gasteiger partial charge < -0.3 is 5.32 Å². The number of aryl methyl sites for hydroxylation is 2. The lowest BCUT2D eigenvalue weighted by atomic mass is 10.1. The number of hydrogen-bond donors (Lipinski definition) is 2. The summed E-state index contributed by atoms with van der Waals surface area (Å²) >= 11 is 7.90. The third kappa shape index (κ3) is 6.76. The maximum absolute atomic E-state index is 13.0. The summed E-state index contributed by atoms with van der Waals surface area (Å²) in [6, 6.07) is 18.0. The molecule has 0 aromatic heterocycles. The van der Waals surface area contributed by atoms with Gasteiger partial charge in [0.25, 0.3) is 15.9 Å². The van der Waals surface area contributed by atoms with Crippen LogP contribution in [0.25, 0.3) is 0 Å². The lowest BCUT2D eigenvalue weighted by Gasteiger charge is -2.14. The Labute approximate surface area is 205 Å². The number of carbonyl (C=O) groups is 1. The van der Waals surface area contributed by atoms with Crippen molar-refractivity contribution in [3.8, 4) is 0 Å². The molecular formula is C25H27ClN2O3S2. The molecule has 8 heteroatoms. The first kappa shape index (κ1) is 25.1. The standard InChI is InChI=1S/C25H27ClN2O3S2/c1-17-7-9-20(10-8-17)16-32-14-13-27-25(29)21-11-12-22(26)24(15-21)33(30,31)28-23-6-4-5-18(2)19(23)3/h4-12,15,28H,13-14,16H2,1-3H3,(H,27,29). The Balaban J connectivity index is 1.62. The molecule has 2 N–H and O–H groups in total. The molecule has 0 aliphatic heterocycles. The first-order chi connectivity index (χ1) is 15.7. The predicted molar refractivity (Wildman–Crippen MR) is 138 cm³/mol. The number of thioether (sulfide) groups is 1. The number of nitrogens with one attached hydrogen (secondary N) is 2. The van der Waals surface area contributed by atoms with E-state index in [1.807, 2.05) is 19.9 Å². The Morgan fingerprint density at radius 3 is 2.45 bits per heavy atom. The number of carbonyl (C=O) groups excluding carboxylic acids is 1. The topological polar surface area (TPSA) is 75.3 Å². The van der Waals surface area contributed by atoms with Crippen LogP contribution in [0.1, 0.15) is 32.6 Å². The van der Waals surface area contributed by atoms with Crippen LogP contribution in [0.15, 0.2) is 65.6 Å². The van der Waals surface area contributed by atoms with E-state index in [9.17, 15) is 13.2 Å². The zero-order chi connectivity index (χ0) is 24.0. The van der Waals surface area contributed by atoms with Crippen molar-refractivity contribution in [1.29, 1.82) is 0 Å². The molecule has 0 saturated carbocycles. The summed E-state index contributed by atoms with van der Waals surface area (Å²) in [6.45, 7) is 6.28. The van der Waals surface area contributed by atoms with Gasteiger partial charge in [0.15, 0.2) is 0 Å². The van der Waals surface area contributed by atoms with E-state index in [-0.39, 0.29) is 21.4 Å². The first-order valence-electron chi connectivity index (χ1n) is 10.5. The maximum atomic E-state index is 13.0. The molecule has 0 spiro atoms. The highest BCUT2D eigenvalue weighted by atomic mass is 35.5. The third-order valence-electron chi connectivity index (χ3n) is 5.25. The van der Waals surface area contributed by atoms with E-state index in [4.69, 9.17) is 11.6 Å². The van der Waals surface area contributed by atoms with Crippen molar-refractivity contribution in [2.75, 3.05) is 17.0 Å². The van der Waals surface area contributed by atoms with Gasteiger partial charge in [0.1, 0.15) is 4.90 Å².